The first-order chi connectivity index (χ1) is 22.4. The lowest BCUT2D eigenvalue weighted by molar-refractivity contribution is -0.111. The number of amides is 1. The zero-order valence-corrected chi connectivity index (χ0v) is 26.1. The van der Waals surface area contributed by atoms with Crippen LogP contribution in [0.15, 0.2) is 85.7 Å². The Bertz CT molecular complexity index is 1690. The summed E-state index contributed by atoms with van der Waals surface area (Å²) in [6, 6.07) is 20.6. The highest BCUT2D eigenvalue weighted by molar-refractivity contribution is 6.02. The lowest BCUT2D eigenvalue weighted by Gasteiger charge is -2.35. The van der Waals surface area contributed by atoms with Gasteiger partial charge in [-0.3, -0.25) is 9.63 Å². The van der Waals surface area contributed by atoms with Crippen LogP contribution in [0.5, 0.6) is 5.75 Å². The molecule has 0 saturated carbocycles. The number of nitrogens with one attached hydrogen (secondary N) is 2. The molecule has 1 amide bonds. The van der Waals surface area contributed by atoms with E-state index >= 15 is 0 Å². The van der Waals surface area contributed by atoms with Gasteiger partial charge >= 0.3 is 0 Å². The second-order valence-corrected chi connectivity index (χ2v) is 11.5. The van der Waals surface area contributed by atoms with Crippen molar-refractivity contribution in [1.29, 1.82) is 0 Å². The fourth-order valence-electron chi connectivity index (χ4n) is 5.85. The van der Waals surface area contributed by atoms with Crippen LogP contribution in [0.25, 0.3) is 0 Å². The maximum absolute atomic E-state index is 13.4. The molecule has 0 unspecified atom stereocenters. The smallest absolute Gasteiger partial charge is 0.247 e. The minimum atomic E-state index is -0.297. The number of hydrogen-bond donors (Lipinski definition) is 2. The molecular weight excluding hydrogens is 585 g/mol. The highest BCUT2D eigenvalue weighted by Gasteiger charge is 2.29. The summed E-state index contributed by atoms with van der Waals surface area (Å²) in [6.45, 7) is 7.64. The van der Waals surface area contributed by atoms with Crippen molar-refractivity contribution >= 4 is 34.6 Å². The number of nitrogens with zero attached hydrogens (tertiary/aromatic N) is 5. The van der Waals surface area contributed by atoms with Gasteiger partial charge in [-0.1, -0.05) is 43.0 Å². The third-order valence-electron chi connectivity index (χ3n) is 8.31. The highest BCUT2D eigenvalue weighted by atomic mass is 19.1. The Labute approximate surface area is 268 Å². The first kappa shape index (κ1) is 31.0. The van der Waals surface area contributed by atoms with E-state index in [4.69, 9.17) is 9.57 Å². The molecule has 238 valence electrons. The van der Waals surface area contributed by atoms with Gasteiger partial charge in [0, 0.05) is 44.7 Å². The first-order valence-electron chi connectivity index (χ1n) is 15.3. The van der Waals surface area contributed by atoms with Crippen LogP contribution < -0.4 is 25.3 Å². The van der Waals surface area contributed by atoms with E-state index in [2.05, 4.69) is 62.2 Å². The lowest BCUT2D eigenvalue weighted by atomic mass is 9.98. The number of rotatable bonds is 10. The maximum atomic E-state index is 13.4. The number of likely N-dealkylation sites (N-methyl/N-ethyl adjacent to an activating group) is 1. The minimum absolute atomic E-state index is 0.0472. The van der Waals surface area contributed by atoms with Crippen LogP contribution in [0.1, 0.15) is 29.2 Å². The van der Waals surface area contributed by atoms with E-state index in [0.29, 0.717) is 41.8 Å². The molecule has 1 atom stereocenters. The van der Waals surface area contributed by atoms with Gasteiger partial charge in [0.05, 0.1) is 36.8 Å². The molecule has 3 aromatic carbocycles. The molecule has 0 aliphatic carbocycles. The fourth-order valence-corrected chi connectivity index (χ4v) is 5.85. The van der Waals surface area contributed by atoms with Crippen molar-refractivity contribution < 1.29 is 18.8 Å². The molecule has 0 bridgehead atoms. The Kier molecular flexibility index (Phi) is 9.41. The summed E-state index contributed by atoms with van der Waals surface area (Å²) in [4.78, 5) is 32.0. The Morgan fingerprint density at radius 1 is 1.04 bits per heavy atom. The van der Waals surface area contributed by atoms with E-state index in [9.17, 15) is 9.18 Å². The number of benzene rings is 3. The van der Waals surface area contributed by atoms with Gasteiger partial charge in [-0.25, -0.2) is 19.4 Å². The summed E-state index contributed by atoms with van der Waals surface area (Å²) in [7, 11) is 3.72. The second kappa shape index (κ2) is 14.0. The maximum Gasteiger partial charge on any atom is 0.247 e. The number of ether oxygens (including phenoxy) is 1. The summed E-state index contributed by atoms with van der Waals surface area (Å²) in [5.74, 6) is 1.22. The van der Waals surface area contributed by atoms with Crippen molar-refractivity contribution in [3.8, 4) is 5.75 Å². The predicted octanol–water partition coefficient (Wildman–Crippen LogP) is 5.72. The van der Waals surface area contributed by atoms with Gasteiger partial charge in [-0.05, 0) is 54.4 Å². The zero-order valence-electron chi connectivity index (χ0n) is 26.1. The molecule has 2 aliphatic heterocycles. The van der Waals surface area contributed by atoms with Crippen LogP contribution in [0.2, 0.25) is 0 Å². The normalized spacial score (nSPS) is 16.7. The molecule has 3 heterocycles. The van der Waals surface area contributed by atoms with Crippen LogP contribution in [0, 0.1) is 5.82 Å². The van der Waals surface area contributed by atoms with E-state index in [1.165, 1.54) is 24.5 Å². The largest absolute Gasteiger partial charge is 0.494 e. The van der Waals surface area contributed by atoms with Crippen molar-refractivity contribution in [2.24, 2.45) is 0 Å². The van der Waals surface area contributed by atoms with Crippen molar-refractivity contribution in [2.75, 3.05) is 67.5 Å². The molecular formula is C35H38FN7O3. The van der Waals surface area contributed by atoms with Gasteiger partial charge in [0.15, 0.2) is 5.82 Å². The number of hydrogen-bond acceptors (Lipinski definition) is 9. The number of aromatic nitrogens is 2. The van der Waals surface area contributed by atoms with Crippen molar-refractivity contribution in [1.82, 2.24) is 14.9 Å². The van der Waals surface area contributed by atoms with Crippen LogP contribution >= 0.6 is 0 Å². The Morgan fingerprint density at radius 3 is 2.61 bits per heavy atom. The van der Waals surface area contributed by atoms with E-state index in [1.54, 1.807) is 7.11 Å². The summed E-state index contributed by atoms with van der Waals surface area (Å²) in [5.41, 5.74) is 5.45. The lowest BCUT2D eigenvalue weighted by Crippen LogP contribution is -2.44. The number of hydroxylamine groups is 1. The standard InChI is InChI=1S/C35H38FN7O3/c1-4-35(44)40-28-20-29(32(45-3)21-31(28)42-15-13-41(2)14-16-42)39-33-22-34(38-23-37-33)43-30(12-17-46-43)26-7-5-6-25(19-26)18-24-8-10-27(36)11-9-24/h4-11,19-23,30H,1,12-18H2,2-3H3,(H,40,44)(H,37,38,39)/t30-/m1/s1. The summed E-state index contributed by atoms with van der Waals surface area (Å²) < 4.78 is 19.2. The SMILES string of the molecule is C=CC(=O)Nc1cc(Nc2cc(N3OCC[C@@H]3c3cccc(Cc4ccc(F)cc4)c3)ncn2)c(OC)cc1N1CCN(C)CC1. The van der Waals surface area contributed by atoms with Gasteiger partial charge in [0.2, 0.25) is 5.91 Å². The van der Waals surface area contributed by atoms with Crippen molar-refractivity contribution in [3.63, 3.8) is 0 Å². The molecule has 0 radical (unpaired) electrons. The zero-order chi connectivity index (χ0) is 32.0. The summed E-state index contributed by atoms with van der Waals surface area (Å²) in [5, 5.41) is 8.15. The number of methoxy groups -OCH3 is 1. The summed E-state index contributed by atoms with van der Waals surface area (Å²) >= 11 is 0. The van der Waals surface area contributed by atoms with Gasteiger partial charge in [0.1, 0.15) is 23.7 Å². The Hall–Kier alpha value is -5.00. The molecule has 46 heavy (non-hydrogen) atoms. The summed E-state index contributed by atoms with van der Waals surface area (Å²) in [6.07, 6.45) is 4.24. The quantitative estimate of drug-likeness (QED) is 0.215. The average Bonchev–Trinajstić information content (AvgIpc) is 3.57. The molecule has 2 N–H and O–H groups in total. The average molecular weight is 624 g/mol. The molecule has 6 rings (SSSR count). The molecule has 10 nitrogen and oxygen atoms in total. The third-order valence-corrected chi connectivity index (χ3v) is 8.31. The van der Waals surface area contributed by atoms with E-state index in [1.807, 2.05) is 41.5 Å². The monoisotopic (exact) mass is 623 g/mol. The molecule has 0 spiro atoms. The number of piperazine rings is 1. The number of carbonyl (C=O) groups is 1. The second-order valence-electron chi connectivity index (χ2n) is 11.5. The van der Waals surface area contributed by atoms with E-state index < -0.39 is 0 Å². The Morgan fingerprint density at radius 2 is 1.85 bits per heavy atom. The number of carbonyl (C=O) groups excluding carboxylic acids is 1. The van der Waals surface area contributed by atoms with Gasteiger partial charge in [-0.2, -0.15) is 0 Å². The van der Waals surface area contributed by atoms with E-state index in [0.717, 1.165) is 55.0 Å². The Balaban J connectivity index is 1.24. The fraction of sp³-hybridized carbons (Fsp3) is 0.286. The molecule has 11 heteroatoms. The minimum Gasteiger partial charge on any atom is -0.494 e. The van der Waals surface area contributed by atoms with Crippen LogP contribution in [0.3, 0.4) is 0 Å². The molecule has 2 aliphatic rings. The van der Waals surface area contributed by atoms with Gasteiger partial charge < -0.3 is 25.2 Å². The van der Waals surface area contributed by atoms with Gasteiger partial charge in [-0.15, -0.1) is 0 Å². The molecule has 2 fully saturated rings. The number of halogens is 1. The van der Waals surface area contributed by atoms with Crippen LogP contribution in [-0.2, 0) is 16.1 Å². The van der Waals surface area contributed by atoms with Crippen LogP contribution in [0.4, 0.5) is 33.1 Å². The molecule has 2 saturated heterocycles. The predicted molar refractivity (Wildman–Crippen MR) is 178 cm³/mol. The number of anilines is 5. The van der Waals surface area contributed by atoms with Crippen molar-refractivity contribution in [2.45, 2.75) is 18.9 Å². The molecule has 1 aromatic heterocycles. The third kappa shape index (κ3) is 7.11. The topological polar surface area (TPSA) is 95.1 Å². The van der Waals surface area contributed by atoms with Gasteiger partial charge in [0.25, 0.3) is 0 Å². The van der Waals surface area contributed by atoms with Crippen LogP contribution in [-0.4, -0.2) is 67.7 Å². The van der Waals surface area contributed by atoms with E-state index in [-0.39, 0.29) is 17.8 Å². The first-order valence-corrected chi connectivity index (χ1v) is 15.3. The highest BCUT2D eigenvalue weighted by Crippen LogP contribution is 2.40. The van der Waals surface area contributed by atoms with Crippen molar-refractivity contribution in [3.05, 3.63) is 108 Å². The molecule has 4 aromatic rings.